The third-order valence-electron chi connectivity index (χ3n) is 1.10. The predicted molar refractivity (Wildman–Crippen MR) is 45.7 cm³/mol. The van der Waals surface area contributed by atoms with Gasteiger partial charge in [0.25, 0.3) is 0 Å². The van der Waals surface area contributed by atoms with E-state index in [1.165, 1.54) is 18.3 Å². The van der Waals surface area contributed by atoms with Crippen LogP contribution in [0.4, 0.5) is 5.82 Å². The van der Waals surface area contributed by atoms with Gasteiger partial charge in [0.2, 0.25) is 0 Å². The minimum absolute atomic E-state index is 0. The van der Waals surface area contributed by atoms with Gasteiger partial charge in [0.1, 0.15) is 5.82 Å². The molecule has 0 aliphatic carbocycles. The van der Waals surface area contributed by atoms with E-state index in [1.807, 2.05) is 0 Å². The second-order valence-corrected chi connectivity index (χ2v) is 1.89. The molecule has 4 nitrogen and oxygen atoms in total. The van der Waals surface area contributed by atoms with Crippen molar-refractivity contribution in [2.75, 3.05) is 5.73 Å². The molecule has 0 fully saturated rings. The van der Waals surface area contributed by atoms with E-state index in [1.54, 1.807) is 0 Å². The van der Waals surface area contributed by atoms with Crippen molar-refractivity contribution in [2.45, 2.75) is 0 Å². The van der Waals surface area contributed by atoms with E-state index in [4.69, 9.17) is 15.8 Å². The lowest BCUT2D eigenvalue weighted by Gasteiger charge is -1.97. The van der Waals surface area contributed by atoms with Crippen LogP contribution in [0.3, 0.4) is 0 Å². The Morgan fingerprint density at radius 2 is 2.09 bits per heavy atom. The van der Waals surface area contributed by atoms with Crippen LogP contribution < -0.4 is 11.2 Å². The molecule has 0 atom stereocenters. The Hall–Kier alpha value is -0.775. The number of aromatic nitrogens is 1. The molecule has 1 aromatic heterocycles. The molecule has 0 amide bonds. The highest BCUT2D eigenvalue weighted by Crippen LogP contribution is 1.90. The van der Waals surface area contributed by atoms with Crippen LogP contribution in [0.2, 0.25) is 0 Å². The lowest BCUT2D eigenvalue weighted by atomic mass is 9.81. The SMILES string of the molecule is Cl.Nc1cc(B(O)O)ccn1. The molecular weight excluding hydrogens is 166 g/mol. The van der Waals surface area contributed by atoms with Gasteiger partial charge in [-0.15, -0.1) is 12.4 Å². The molecule has 0 unspecified atom stereocenters. The van der Waals surface area contributed by atoms with Crippen molar-refractivity contribution >= 4 is 30.8 Å². The molecule has 0 saturated heterocycles. The molecule has 6 heteroatoms. The largest absolute Gasteiger partial charge is 0.488 e. The normalized spacial score (nSPS) is 8.55. The van der Waals surface area contributed by atoms with E-state index in [2.05, 4.69) is 4.98 Å². The number of pyridine rings is 1. The fraction of sp³-hybridized carbons (Fsp3) is 0. The summed E-state index contributed by atoms with van der Waals surface area (Å²) in [5, 5.41) is 17.2. The van der Waals surface area contributed by atoms with Gasteiger partial charge in [-0.25, -0.2) is 4.98 Å². The maximum atomic E-state index is 8.62. The van der Waals surface area contributed by atoms with Crippen LogP contribution in [0.25, 0.3) is 0 Å². The number of hydrogen-bond donors (Lipinski definition) is 3. The van der Waals surface area contributed by atoms with Crippen molar-refractivity contribution in [2.24, 2.45) is 0 Å². The molecule has 0 aliphatic rings. The topological polar surface area (TPSA) is 79.4 Å². The zero-order chi connectivity index (χ0) is 7.56. The highest BCUT2D eigenvalue weighted by Gasteiger charge is 2.09. The quantitative estimate of drug-likeness (QED) is 0.466. The number of nitrogen functional groups attached to an aromatic ring is 1. The lowest BCUT2D eigenvalue weighted by Crippen LogP contribution is -2.29. The van der Waals surface area contributed by atoms with Crippen molar-refractivity contribution in [3.63, 3.8) is 0 Å². The first-order valence-electron chi connectivity index (χ1n) is 2.77. The maximum absolute atomic E-state index is 8.62. The highest BCUT2D eigenvalue weighted by molar-refractivity contribution is 6.58. The third kappa shape index (κ3) is 2.75. The Kier molecular flexibility index (Phi) is 3.88. The number of hydrogen-bond acceptors (Lipinski definition) is 4. The highest BCUT2D eigenvalue weighted by atomic mass is 35.5. The summed E-state index contributed by atoms with van der Waals surface area (Å²) in [6.07, 6.45) is 1.42. The molecule has 1 aromatic rings. The Balaban J connectivity index is 0.000001000. The van der Waals surface area contributed by atoms with Gasteiger partial charge in [0.15, 0.2) is 0 Å². The monoisotopic (exact) mass is 174 g/mol. The molecule has 4 N–H and O–H groups in total. The van der Waals surface area contributed by atoms with Crippen LogP contribution in [-0.4, -0.2) is 22.2 Å². The van der Waals surface area contributed by atoms with Gasteiger partial charge >= 0.3 is 7.12 Å². The summed E-state index contributed by atoms with van der Waals surface area (Å²) in [4.78, 5) is 3.68. The summed E-state index contributed by atoms with van der Waals surface area (Å²) in [6.45, 7) is 0. The molecule has 0 saturated carbocycles. The first-order chi connectivity index (χ1) is 4.70. The summed E-state index contributed by atoms with van der Waals surface area (Å²) in [7, 11) is -1.47. The molecule has 1 rings (SSSR count). The minimum Gasteiger partial charge on any atom is -0.423 e. The molecule has 60 valence electrons. The average Bonchev–Trinajstić information content (AvgIpc) is 1.88. The molecule has 0 radical (unpaired) electrons. The summed E-state index contributed by atoms with van der Waals surface area (Å²) in [5.74, 6) is 0.283. The van der Waals surface area contributed by atoms with E-state index >= 15 is 0 Å². The molecule has 0 bridgehead atoms. The third-order valence-corrected chi connectivity index (χ3v) is 1.10. The summed E-state index contributed by atoms with van der Waals surface area (Å²) >= 11 is 0. The molecule has 11 heavy (non-hydrogen) atoms. The fourth-order valence-electron chi connectivity index (χ4n) is 0.626. The molecule has 0 aromatic carbocycles. The lowest BCUT2D eigenvalue weighted by molar-refractivity contribution is 0.425. The number of nitrogens with zero attached hydrogens (tertiary/aromatic N) is 1. The Bertz CT molecular complexity index is 233. The van der Waals surface area contributed by atoms with Gasteiger partial charge in [-0.1, -0.05) is 0 Å². The summed E-state index contributed by atoms with van der Waals surface area (Å²) in [5.41, 5.74) is 5.62. The molecule has 0 aliphatic heterocycles. The predicted octanol–water partition coefficient (Wildman–Crippen LogP) is -1.23. The zero-order valence-electron chi connectivity index (χ0n) is 5.64. The van der Waals surface area contributed by atoms with Crippen molar-refractivity contribution in [1.29, 1.82) is 0 Å². The van der Waals surface area contributed by atoms with Gasteiger partial charge in [0, 0.05) is 6.20 Å². The van der Waals surface area contributed by atoms with Crippen molar-refractivity contribution in [1.82, 2.24) is 4.98 Å². The fourth-order valence-corrected chi connectivity index (χ4v) is 0.626. The number of halogens is 1. The number of nitrogens with two attached hydrogens (primary N) is 1. The van der Waals surface area contributed by atoms with Crippen LogP contribution in [-0.2, 0) is 0 Å². The Morgan fingerprint density at radius 3 is 2.45 bits per heavy atom. The second kappa shape index (κ2) is 4.18. The molecule has 0 spiro atoms. The first-order valence-corrected chi connectivity index (χ1v) is 2.77. The number of anilines is 1. The summed E-state index contributed by atoms with van der Waals surface area (Å²) < 4.78 is 0. The van der Waals surface area contributed by atoms with Gasteiger partial charge in [-0.05, 0) is 17.6 Å². The Labute approximate surface area is 70.6 Å². The van der Waals surface area contributed by atoms with Crippen LogP contribution in [0.15, 0.2) is 18.3 Å². The van der Waals surface area contributed by atoms with Crippen LogP contribution in [0.5, 0.6) is 0 Å². The molecule has 1 heterocycles. The standard InChI is InChI=1S/C5H7BN2O2.ClH/c7-5-3-4(6(9)10)1-2-8-5;/h1-3,9-10H,(H2,7,8);1H. The van der Waals surface area contributed by atoms with E-state index in [0.29, 0.717) is 5.46 Å². The zero-order valence-corrected chi connectivity index (χ0v) is 6.45. The number of rotatable bonds is 1. The molecular formula is C5H8BClN2O2. The summed E-state index contributed by atoms with van der Waals surface area (Å²) in [6, 6.07) is 2.89. The van der Waals surface area contributed by atoms with Crippen LogP contribution >= 0.6 is 12.4 Å². The first kappa shape index (κ1) is 10.2. The van der Waals surface area contributed by atoms with Gasteiger partial charge in [-0.3, -0.25) is 0 Å². The van der Waals surface area contributed by atoms with Crippen molar-refractivity contribution in [3.8, 4) is 0 Å². The van der Waals surface area contributed by atoms with Crippen LogP contribution in [0.1, 0.15) is 0 Å². The second-order valence-electron chi connectivity index (χ2n) is 1.89. The van der Waals surface area contributed by atoms with Gasteiger partial charge < -0.3 is 15.8 Å². The van der Waals surface area contributed by atoms with E-state index in [-0.39, 0.29) is 18.2 Å². The smallest absolute Gasteiger partial charge is 0.423 e. The van der Waals surface area contributed by atoms with Crippen molar-refractivity contribution in [3.05, 3.63) is 18.3 Å². The van der Waals surface area contributed by atoms with Crippen LogP contribution in [0, 0.1) is 0 Å². The Morgan fingerprint density at radius 1 is 1.45 bits per heavy atom. The van der Waals surface area contributed by atoms with Gasteiger partial charge in [0.05, 0.1) is 0 Å². The maximum Gasteiger partial charge on any atom is 0.488 e. The average molecular weight is 174 g/mol. The minimum atomic E-state index is -1.47. The van der Waals surface area contributed by atoms with Gasteiger partial charge in [-0.2, -0.15) is 0 Å². The van der Waals surface area contributed by atoms with Crippen molar-refractivity contribution < 1.29 is 10.0 Å². The van der Waals surface area contributed by atoms with E-state index in [0.717, 1.165) is 0 Å². The van der Waals surface area contributed by atoms with E-state index in [9.17, 15) is 0 Å². The van der Waals surface area contributed by atoms with E-state index < -0.39 is 7.12 Å².